The van der Waals surface area contributed by atoms with Gasteiger partial charge in [0.25, 0.3) is 0 Å². The Morgan fingerprint density at radius 3 is 2.57 bits per heavy atom. The van der Waals surface area contributed by atoms with Gasteiger partial charge in [0.2, 0.25) is 7.37 Å². The molecular formula is C9H17O4P. The van der Waals surface area contributed by atoms with Crippen LogP contribution in [0.4, 0.5) is 0 Å². The van der Waals surface area contributed by atoms with Gasteiger partial charge >= 0.3 is 5.97 Å². The summed E-state index contributed by atoms with van der Waals surface area (Å²) in [5.74, 6) is -0.615. The molecule has 0 aromatic carbocycles. The Bertz CT molecular complexity index is 260. The second-order valence-corrected chi connectivity index (χ2v) is 5.66. The Kier molecular flexibility index (Phi) is 5.73. The molecule has 0 aliphatic carbocycles. The lowest BCUT2D eigenvalue weighted by molar-refractivity contribution is -0.137. The van der Waals surface area contributed by atoms with Gasteiger partial charge in [0.1, 0.15) is 0 Å². The van der Waals surface area contributed by atoms with Crippen LogP contribution in [0.25, 0.3) is 0 Å². The minimum Gasteiger partial charge on any atom is -0.452 e. The predicted octanol–water partition coefficient (Wildman–Crippen LogP) is 2.13. The van der Waals surface area contributed by atoms with Gasteiger partial charge in [0.15, 0.2) is 6.35 Å². The molecule has 0 aliphatic heterocycles. The lowest BCUT2D eigenvalue weighted by Crippen LogP contribution is -2.07. The minimum absolute atomic E-state index is 0.201. The van der Waals surface area contributed by atoms with E-state index in [2.05, 4.69) is 11.3 Å². The first kappa shape index (κ1) is 13.4. The van der Waals surface area contributed by atoms with E-state index in [4.69, 9.17) is 0 Å². The van der Waals surface area contributed by atoms with Crippen molar-refractivity contribution in [1.29, 1.82) is 0 Å². The zero-order valence-electron chi connectivity index (χ0n) is 8.65. The van der Waals surface area contributed by atoms with Crippen molar-refractivity contribution < 1.29 is 19.0 Å². The van der Waals surface area contributed by atoms with Crippen LogP contribution in [-0.4, -0.2) is 23.4 Å². The molecule has 1 N–H and O–H groups in total. The predicted molar refractivity (Wildman–Crippen MR) is 55.4 cm³/mol. The Hall–Kier alpha value is -0.600. The molecule has 0 aliphatic rings. The van der Waals surface area contributed by atoms with E-state index < -0.39 is 19.7 Å². The molecule has 0 bridgehead atoms. The summed E-state index contributed by atoms with van der Waals surface area (Å²) in [4.78, 5) is 20.2. The minimum atomic E-state index is -3.29. The molecule has 0 amide bonds. The van der Waals surface area contributed by atoms with Crippen LogP contribution in [0.3, 0.4) is 0 Å². The number of rotatable bonds is 6. The van der Waals surface area contributed by atoms with Crippen LogP contribution in [0.2, 0.25) is 0 Å². The van der Waals surface area contributed by atoms with Crippen molar-refractivity contribution in [3.63, 3.8) is 0 Å². The first-order valence-electron chi connectivity index (χ1n) is 4.52. The van der Waals surface area contributed by atoms with E-state index in [0.29, 0.717) is 6.42 Å². The smallest absolute Gasteiger partial charge is 0.333 e. The lowest BCUT2D eigenvalue weighted by Gasteiger charge is -2.11. The van der Waals surface area contributed by atoms with E-state index >= 15 is 0 Å². The Balaban J connectivity index is 3.93. The maximum absolute atomic E-state index is 11.3. The van der Waals surface area contributed by atoms with Crippen LogP contribution in [0.1, 0.15) is 26.7 Å². The number of carbonyl (C=O) groups is 1. The van der Waals surface area contributed by atoms with Crippen LogP contribution in [0.5, 0.6) is 0 Å². The number of carbonyl (C=O) groups excluding carboxylic acids is 1. The van der Waals surface area contributed by atoms with Crippen LogP contribution >= 0.6 is 7.37 Å². The molecule has 0 rings (SSSR count). The van der Waals surface area contributed by atoms with Gasteiger partial charge in [-0.3, -0.25) is 4.57 Å². The van der Waals surface area contributed by atoms with Crippen molar-refractivity contribution >= 4 is 13.3 Å². The molecule has 4 nitrogen and oxygen atoms in total. The van der Waals surface area contributed by atoms with E-state index in [1.165, 1.54) is 6.92 Å². The van der Waals surface area contributed by atoms with Crippen molar-refractivity contribution in [2.45, 2.75) is 26.7 Å². The Morgan fingerprint density at radius 2 is 2.14 bits per heavy atom. The molecular weight excluding hydrogens is 203 g/mol. The summed E-state index contributed by atoms with van der Waals surface area (Å²) >= 11 is 0. The molecule has 0 spiro atoms. The summed E-state index contributed by atoms with van der Waals surface area (Å²) in [6, 6.07) is 0. The standard InChI is InChI=1S/C9H17O4P/c1-4-5-6-14(11,12)7-13-9(10)8(2)3/h2,4-7H2,1,3H3,(H,11,12). The van der Waals surface area contributed by atoms with Gasteiger partial charge in [0, 0.05) is 11.7 Å². The summed E-state index contributed by atoms with van der Waals surface area (Å²) in [7, 11) is -3.29. The molecule has 0 heterocycles. The average molecular weight is 220 g/mol. The normalized spacial score (nSPS) is 14.5. The number of hydrogen-bond donors (Lipinski definition) is 1. The molecule has 0 saturated heterocycles. The zero-order valence-corrected chi connectivity index (χ0v) is 9.55. The van der Waals surface area contributed by atoms with Gasteiger partial charge in [-0.05, 0) is 13.3 Å². The first-order valence-corrected chi connectivity index (χ1v) is 6.55. The van der Waals surface area contributed by atoms with Gasteiger partial charge in [0.05, 0.1) is 0 Å². The molecule has 82 valence electrons. The fourth-order valence-corrected chi connectivity index (χ4v) is 2.01. The second kappa shape index (κ2) is 5.99. The molecule has 1 unspecified atom stereocenters. The maximum atomic E-state index is 11.3. The highest BCUT2D eigenvalue weighted by Gasteiger charge is 2.19. The summed E-state index contributed by atoms with van der Waals surface area (Å²) in [6.07, 6.45) is 1.31. The van der Waals surface area contributed by atoms with Crippen LogP contribution in [-0.2, 0) is 14.1 Å². The maximum Gasteiger partial charge on any atom is 0.333 e. The zero-order chi connectivity index (χ0) is 11.2. The second-order valence-electron chi connectivity index (χ2n) is 3.26. The summed E-state index contributed by atoms with van der Waals surface area (Å²) < 4.78 is 16.0. The van der Waals surface area contributed by atoms with Gasteiger partial charge in [-0.15, -0.1) is 0 Å². The van der Waals surface area contributed by atoms with Crippen LogP contribution < -0.4 is 0 Å². The van der Waals surface area contributed by atoms with Crippen molar-refractivity contribution in [2.24, 2.45) is 0 Å². The quantitative estimate of drug-likeness (QED) is 0.423. The van der Waals surface area contributed by atoms with Crippen molar-refractivity contribution in [3.8, 4) is 0 Å². The van der Waals surface area contributed by atoms with Gasteiger partial charge < -0.3 is 9.63 Å². The third-order valence-corrected chi connectivity index (χ3v) is 3.15. The van der Waals surface area contributed by atoms with E-state index in [-0.39, 0.29) is 11.7 Å². The molecule has 0 saturated carbocycles. The molecule has 0 fully saturated rings. The van der Waals surface area contributed by atoms with Gasteiger partial charge in [-0.25, -0.2) is 4.79 Å². The first-order chi connectivity index (χ1) is 6.39. The Morgan fingerprint density at radius 1 is 1.57 bits per heavy atom. The van der Waals surface area contributed by atoms with E-state index in [1.54, 1.807) is 0 Å². The van der Waals surface area contributed by atoms with Gasteiger partial charge in [-0.1, -0.05) is 19.9 Å². The van der Waals surface area contributed by atoms with E-state index in [9.17, 15) is 14.3 Å². The highest BCUT2D eigenvalue weighted by Crippen LogP contribution is 2.41. The molecule has 1 atom stereocenters. The van der Waals surface area contributed by atoms with Crippen LogP contribution in [0.15, 0.2) is 12.2 Å². The summed E-state index contributed by atoms with van der Waals surface area (Å²) in [5.41, 5.74) is 0.237. The van der Waals surface area contributed by atoms with E-state index in [1.807, 2.05) is 6.92 Å². The topological polar surface area (TPSA) is 63.6 Å². The molecule has 0 radical (unpaired) electrons. The lowest BCUT2D eigenvalue weighted by atomic mass is 10.4. The third-order valence-electron chi connectivity index (χ3n) is 1.61. The molecule has 0 aromatic rings. The number of ether oxygens (including phenoxy) is 1. The van der Waals surface area contributed by atoms with Gasteiger partial charge in [-0.2, -0.15) is 0 Å². The largest absolute Gasteiger partial charge is 0.452 e. The molecule has 5 heteroatoms. The number of esters is 1. The van der Waals surface area contributed by atoms with Crippen LogP contribution in [0, 0.1) is 0 Å². The average Bonchev–Trinajstić information content (AvgIpc) is 2.11. The third kappa shape index (κ3) is 5.95. The van der Waals surface area contributed by atoms with Crippen molar-refractivity contribution in [3.05, 3.63) is 12.2 Å². The Labute approximate surface area is 84.4 Å². The number of unbranched alkanes of at least 4 members (excludes halogenated alkanes) is 1. The highest BCUT2D eigenvalue weighted by molar-refractivity contribution is 7.57. The molecule has 14 heavy (non-hydrogen) atoms. The highest BCUT2D eigenvalue weighted by atomic mass is 31.2. The molecule has 0 aromatic heterocycles. The monoisotopic (exact) mass is 220 g/mol. The fourth-order valence-electron chi connectivity index (χ4n) is 0.752. The van der Waals surface area contributed by atoms with Crippen molar-refractivity contribution in [1.82, 2.24) is 0 Å². The van der Waals surface area contributed by atoms with Crippen molar-refractivity contribution in [2.75, 3.05) is 12.5 Å². The summed E-state index contributed by atoms with van der Waals surface area (Å²) in [5, 5.41) is 0. The fraction of sp³-hybridized carbons (Fsp3) is 0.667. The number of hydrogen-bond acceptors (Lipinski definition) is 3. The summed E-state index contributed by atoms with van der Waals surface area (Å²) in [6.45, 7) is 6.80. The SMILES string of the molecule is C=C(C)C(=O)OCP(=O)(O)CCCC. The van der Waals surface area contributed by atoms with E-state index in [0.717, 1.165) is 6.42 Å².